The van der Waals surface area contributed by atoms with Crippen LogP contribution in [0.2, 0.25) is 0 Å². The van der Waals surface area contributed by atoms with Crippen molar-refractivity contribution in [1.29, 1.82) is 0 Å². The topological polar surface area (TPSA) is 53.0 Å². The minimum Gasteiger partial charge on any atom is -0.444 e. The molecular weight excluding hydrogens is 280 g/mol. The second-order valence-corrected chi connectivity index (χ2v) is 6.72. The van der Waals surface area contributed by atoms with E-state index < -0.39 is 5.60 Å². The van der Waals surface area contributed by atoms with E-state index in [-0.39, 0.29) is 12.7 Å². The molecule has 1 amide bonds. The quantitative estimate of drug-likeness (QED) is 0.930. The van der Waals surface area contributed by atoms with E-state index in [1.54, 1.807) is 4.90 Å². The summed E-state index contributed by atoms with van der Waals surface area (Å²) >= 11 is 0. The van der Waals surface area contributed by atoms with Gasteiger partial charge >= 0.3 is 6.09 Å². The van der Waals surface area contributed by atoms with Crippen molar-refractivity contribution in [3.63, 3.8) is 0 Å². The molecule has 0 unspecified atom stereocenters. The Kier molecular flexibility index (Phi) is 5.42. The van der Waals surface area contributed by atoms with E-state index >= 15 is 0 Å². The van der Waals surface area contributed by atoms with Gasteiger partial charge < -0.3 is 14.7 Å². The van der Waals surface area contributed by atoms with Gasteiger partial charge in [-0.2, -0.15) is 0 Å². The van der Waals surface area contributed by atoms with Crippen molar-refractivity contribution in [2.75, 3.05) is 26.2 Å². The lowest BCUT2D eigenvalue weighted by molar-refractivity contribution is 0.0139. The van der Waals surface area contributed by atoms with Gasteiger partial charge in [0.05, 0.1) is 6.61 Å². The number of aliphatic hydroxyl groups excluding tert-OH is 1. The number of carbonyl (C=O) groups is 1. The highest BCUT2D eigenvalue weighted by Gasteiger charge is 2.25. The van der Waals surface area contributed by atoms with Gasteiger partial charge in [-0.15, -0.1) is 0 Å². The minimum absolute atomic E-state index is 0.0697. The van der Waals surface area contributed by atoms with E-state index in [1.807, 2.05) is 39.0 Å². The first-order chi connectivity index (χ1) is 10.4. The molecule has 0 aromatic heterocycles. The zero-order chi connectivity index (χ0) is 16.2. The van der Waals surface area contributed by atoms with Gasteiger partial charge in [0.15, 0.2) is 0 Å². The van der Waals surface area contributed by atoms with Crippen molar-refractivity contribution in [1.82, 2.24) is 9.80 Å². The van der Waals surface area contributed by atoms with Crippen LogP contribution in [0.15, 0.2) is 24.3 Å². The van der Waals surface area contributed by atoms with Crippen molar-refractivity contribution < 1.29 is 14.6 Å². The van der Waals surface area contributed by atoms with E-state index in [2.05, 4.69) is 11.0 Å². The third-order valence-electron chi connectivity index (χ3n) is 3.60. The molecule has 0 saturated carbocycles. The maximum absolute atomic E-state index is 12.0. The first-order valence-electron chi connectivity index (χ1n) is 7.76. The molecule has 122 valence electrons. The highest BCUT2D eigenvalue weighted by Crippen LogP contribution is 2.14. The molecule has 1 aliphatic rings. The second kappa shape index (κ2) is 7.11. The molecule has 5 heteroatoms. The van der Waals surface area contributed by atoms with Crippen molar-refractivity contribution in [2.24, 2.45) is 0 Å². The van der Waals surface area contributed by atoms with Gasteiger partial charge in [-0.1, -0.05) is 24.3 Å². The lowest BCUT2D eigenvalue weighted by Crippen LogP contribution is -2.49. The predicted molar refractivity (Wildman–Crippen MR) is 85.4 cm³/mol. The summed E-state index contributed by atoms with van der Waals surface area (Å²) in [6, 6.07) is 7.99. The number of hydrogen-bond donors (Lipinski definition) is 1. The van der Waals surface area contributed by atoms with Crippen LogP contribution in [0.1, 0.15) is 31.9 Å². The highest BCUT2D eigenvalue weighted by atomic mass is 16.6. The number of amides is 1. The monoisotopic (exact) mass is 306 g/mol. The molecule has 0 radical (unpaired) electrons. The predicted octanol–water partition coefficient (Wildman–Crippen LogP) is 2.23. The fourth-order valence-corrected chi connectivity index (χ4v) is 2.50. The molecule has 0 spiro atoms. The summed E-state index contributed by atoms with van der Waals surface area (Å²) in [5.74, 6) is 0. The van der Waals surface area contributed by atoms with Crippen LogP contribution in [-0.2, 0) is 17.9 Å². The summed E-state index contributed by atoms with van der Waals surface area (Å²) in [6.07, 6.45) is -0.227. The van der Waals surface area contributed by atoms with E-state index in [1.165, 1.54) is 5.56 Å². The molecule has 1 saturated heterocycles. The van der Waals surface area contributed by atoms with Crippen molar-refractivity contribution in [3.8, 4) is 0 Å². The van der Waals surface area contributed by atoms with Crippen LogP contribution in [-0.4, -0.2) is 52.8 Å². The van der Waals surface area contributed by atoms with Gasteiger partial charge in [0.2, 0.25) is 0 Å². The summed E-state index contributed by atoms with van der Waals surface area (Å²) in [6.45, 7) is 9.62. The van der Waals surface area contributed by atoms with Crippen molar-refractivity contribution >= 4 is 6.09 Å². The van der Waals surface area contributed by atoms with Crippen LogP contribution in [0.3, 0.4) is 0 Å². The maximum Gasteiger partial charge on any atom is 0.410 e. The third-order valence-corrected chi connectivity index (χ3v) is 3.60. The van der Waals surface area contributed by atoms with E-state index in [9.17, 15) is 9.90 Å². The minimum atomic E-state index is -0.445. The Morgan fingerprint density at radius 2 is 1.82 bits per heavy atom. The fourth-order valence-electron chi connectivity index (χ4n) is 2.50. The zero-order valence-electron chi connectivity index (χ0n) is 13.7. The molecule has 22 heavy (non-hydrogen) atoms. The number of carbonyl (C=O) groups excluding carboxylic acids is 1. The van der Waals surface area contributed by atoms with Crippen molar-refractivity contribution in [3.05, 3.63) is 35.4 Å². The molecule has 1 aliphatic heterocycles. The first kappa shape index (κ1) is 16.8. The molecule has 2 rings (SSSR count). The summed E-state index contributed by atoms with van der Waals surface area (Å²) in [5.41, 5.74) is 1.68. The number of rotatable bonds is 3. The second-order valence-electron chi connectivity index (χ2n) is 6.72. The number of piperazine rings is 1. The molecule has 1 aromatic rings. The summed E-state index contributed by atoms with van der Waals surface area (Å²) in [7, 11) is 0. The van der Waals surface area contributed by atoms with Gasteiger partial charge in [-0.25, -0.2) is 4.79 Å². The van der Waals surface area contributed by atoms with Gasteiger partial charge in [0.1, 0.15) is 5.60 Å². The Balaban J connectivity index is 1.83. The Bertz CT molecular complexity index is 503. The fraction of sp³-hybridized carbons (Fsp3) is 0.588. The Labute approximate surface area is 132 Å². The SMILES string of the molecule is CC(C)(C)OC(=O)N1CCN(Cc2cccc(CO)c2)CC1. The average Bonchev–Trinajstić information content (AvgIpc) is 2.46. The average molecular weight is 306 g/mol. The van der Waals surface area contributed by atoms with Crippen LogP contribution in [0.5, 0.6) is 0 Å². The van der Waals surface area contributed by atoms with Gasteiger partial charge in [-0.05, 0) is 31.9 Å². The van der Waals surface area contributed by atoms with E-state index in [0.717, 1.165) is 25.2 Å². The standard InChI is InChI=1S/C17H26N2O3/c1-17(2,3)22-16(21)19-9-7-18(8-10-19)12-14-5-4-6-15(11-14)13-20/h4-6,11,20H,7-10,12-13H2,1-3H3. The van der Waals surface area contributed by atoms with Crippen LogP contribution < -0.4 is 0 Å². The number of hydrogen-bond acceptors (Lipinski definition) is 4. The molecule has 0 atom stereocenters. The highest BCUT2D eigenvalue weighted by molar-refractivity contribution is 5.68. The summed E-state index contributed by atoms with van der Waals surface area (Å²) in [4.78, 5) is 16.1. The molecule has 5 nitrogen and oxygen atoms in total. The Morgan fingerprint density at radius 3 is 2.41 bits per heavy atom. The van der Waals surface area contributed by atoms with Gasteiger partial charge in [0, 0.05) is 32.7 Å². The molecule has 0 aliphatic carbocycles. The first-order valence-corrected chi connectivity index (χ1v) is 7.76. The Hall–Kier alpha value is -1.59. The smallest absolute Gasteiger partial charge is 0.410 e. The zero-order valence-corrected chi connectivity index (χ0v) is 13.7. The molecule has 1 heterocycles. The maximum atomic E-state index is 12.0. The molecular formula is C17H26N2O3. The largest absolute Gasteiger partial charge is 0.444 e. The van der Waals surface area contributed by atoms with Crippen molar-refractivity contribution in [2.45, 2.75) is 39.5 Å². The normalized spacial score (nSPS) is 16.6. The molecule has 0 bridgehead atoms. The van der Waals surface area contributed by atoms with E-state index in [4.69, 9.17) is 4.74 Å². The number of benzene rings is 1. The molecule has 1 aromatic carbocycles. The third kappa shape index (κ3) is 5.00. The summed E-state index contributed by atoms with van der Waals surface area (Å²) in [5, 5.41) is 9.18. The summed E-state index contributed by atoms with van der Waals surface area (Å²) < 4.78 is 5.40. The number of ether oxygens (including phenoxy) is 1. The van der Waals surface area contributed by atoms with Gasteiger partial charge in [0.25, 0.3) is 0 Å². The lowest BCUT2D eigenvalue weighted by Gasteiger charge is -2.35. The molecule has 1 fully saturated rings. The van der Waals surface area contributed by atoms with E-state index in [0.29, 0.717) is 13.1 Å². The van der Waals surface area contributed by atoms with Gasteiger partial charge in [-0.3, -0.25) is 4.90 Å². The lowest BCUT2D eigenvalue weighted by atomic mass is 10.1. The van der Waals surface area contributed by atoms with Crippen LogP contribution in [0, 0.1) is 0 Å². The van der Waals surface area contributed by atoms with Crippen LogP contribution in [0.4, 0.5) is 4.79 Å². The van der Waals surface area contributed by atoms with Crippen LogP contribution in [0.25, 0.3) is 0 Å². The number of nitrogens with zero attached hydrogens (tertiary/aromatic N) is 2. The molecule has 1 N–H and O–H groups in total. The Morgan fingerprint density at radius 1 is 1.18 bits per heavy atom. The number of aliphatic hydroxyl groups is 1. The van der Waals surface area contributed by atoms with Crippen LogP contribution >= 0.6 is 0 Å².